The van der Waals surface area contributed by atoms with Crippen molar-refractivity contribution in [2.75, 3.05) is 0 Å². The summed E-state index contributed by atoms with van der Waals surface area (Å²) in [7, 11) is 0. The third kappa shape index (κ3) is 2.99. The van der Waals surface area contributed by atoms with Crippen LogP contribution in [0.3, 0.4) is 0 Å². The first-order valence-electron chi connectivity index (χ1n) is 6.59. The number of amides is 1. The molecule has 0 aliphatic rings. The molecule has 1 aromatic carbocycles. The van der Waals surface area contributed by atoms with Gasteiger partial charge in [0, 0.05) is 22.7 Å². The van der Waals surface area contributed by atoms with Gasteiger partial charge in [0.1, 0.15) is 6.04 Å². The van der Waals surface area contributed by atoms with Gasteiger partial charge in [-0.25, -0.2) is 4.79 Å². The van der Waals surface area contributed by atoms with Crippen molar-refractivity contribution < 1.29 is 14.7 Å². The summed E-state index contributed by atoms with van der Waals surface area (Å²) in [6, 6.07) is 6.28. The van der Waals surface area contributed by atoms with Crippen molar-refractivity contribution in [3.05, 3.63) is 36.0 Å². The molecule has 2 rings (SSSR count). The molecule has 0 spiro atoms. The molecule has 20 heavy (non-hydrogen) atoms. The van der Waals surface area contributed by atoms with E-state index in [1.54, 1.807) is 18.3 Å². The summed E-state index contributed by atoms with van der Waals surface area (Å²) >= 11 is 0. The van der Waals surface area contributed by atoms with Crippen molar-refractivity contribution >= 4 is 22.8 Å². The predicted molar refractivity (Wildman–Crippen MR) is 76.6 cm³/mol. The molecule has 1 heterocycles. The number of carboxylic acid groups (broad SMARTS) is 1. The summed E-state index contributed by atoms with van der Waals surface area (Å²) in [6.07, 6.45) is 2.16. The van der Waals surface area contributed by atoms with Crippen molar-refractivity contribution in [3.63, 3.8) is 0 Å². The Bertz CT molecular complexity index is 631. The maximum atomic E-state index is 12.3. The lowest BCUT2D eigenvalue weighted by Gasteiger charge is -2.16. The molecule has 3 N–H and O–H groups in total. The number of carboxylic acids is 1. The average Bonchev–Trinajstić information content (AvgIpc) is 2.84. The third-order valence-corrected chi connectivity index (χ3v) is 3.15. The number of carbonyl (C=O) groups excluding carboxylic acids is 1. The van der Waals surface area contributed by atoms with Gasteiger partial charge in [-0.3, -0.25) is 4.79 Å². The highest BCUT2D eigenvalue weighted by Crippen LogP contribution is 2.17. The van der Waals surface area contributed by atoms with Crippen LogP contribution in [-0.4, -0.2) is 28.0 Å². The molecule has 1 aromatic heterocycles. The summed E-state index contributed by atoms with van der Waals surface area (Å²) in [4.78, 5) is 26.5. The van der Waals surface area contributed by atoms with Crippen molar-refractivity contribution in [2.24, 2.45) is 5.92 Å². The van der Waals surface area contributed by atoms with Gasteiger partial charge >= 0.3 is 5.97 Å². The fourth-order valence-electron chi connectivity index (χ4n) is 2.21. The first-order valence-corrected chi connectivity index (χ1v) is 6.59. The van der Waals surface area contributed by atoms with Gasteiger partial charge in [0.2, 0.25) is 0 Å². The van der Waals surface area contributed by atoms with E-state index in [0.29, 0.717) is 12.0 Å². The van der Waals surface area contributed by atoms with E-state index in [9.17, 15) is 14.7 Å². The standard InChI is InChI=1S/C15H18N2O3/c1-9(2)8-13(15(19)20)17-14(18)11-4-3-5-12-10(11)6-7-16-12/h3-7,9,13,16H,8H2,1-2H3,(H,17,18)(H,19,20)/t13-/m1/s1. The highest BCUT2D eigenvalue weighted by molar-refractivity contribution is 6.07. The Morgan fingerprint density at radius 3 is 2.70 bits per heavy atom. The number of rotatable bonds is 5. The Morgan fingerprint density at radius 2 is 2.05 bits per heavy atom. The number of aliphatic carboxylic acids is 1. The van der Waals surface area contributed by atoms with Crippen LogP contribution < -0.4 is 5.32 Å². The summed E-state index contributed by atoms with van der Waals surface area (Å²) in [5, 5.41) is 12.6. The van der Waals surface area contributed by atoms with Gasteiger partial charge < -0.3 is 15.4 Å². The summed E-state index contributed by atoms with van der Waals surface area (Å²) in [5.41, 5.74) is 1.34. The lowest BCUT2D eigenvalue weighted by atomic mass is 10.0. The van der Waals surface area contributed by atoms with Gasteiger partial charge in [0.15, 0.2) is 0 Å². The topological polar surface area (TPSA) is 82.2 Å². The molecule has 0 bridgehead atoms. The van der Waals surface area contributed by atoms with E-state index >= 15 is 0 Å². The van der Waals surface area contributed by atoms with Gasteiger partial charge in [-0.1, -0.05) is 19.9 Å². The minimum Gasteiger partial charge on any atom is -0.480 e. The van der Waals surface area contributed by atoms with Gasteiger partial charge in [0.05, 0.1) is 0 Å². The molecule has 0 aliphatic heterocycles. The quantitative estimate of drug-likeness (QED) is 0.783. The molecular formula is C15H18N2O3. The molecule has 1 atom stereocenters. The lowest BCUT2D eigenvalue weighted by molar-refractivity contribution is -0.139. The van der Waals surface area contributed by atoms with Crippen LogP contribution in [-0.2, 0) is 4.79 Å². The molecule has 2 aromatic rings. The van der Waals surface area contributed by atoms with Crippen LogP contribution in [0.15, 0.2) is 30.5 Å². The number of benzene rings is 1. The van der Waals surface area contributed by atoms with Crippen molar-refractivity contribution in [2.45, 2.75) is 26.3 Å². The lowest BCUT2D eigenvalue weighted by Crippen LogP contribution is -2.41. The molecular weight excluding hydrogens is 256 g/mol. The summed E-state index contributed by atoms with van der Waals surface area (Å²) in [5.74, 6) is -1.17. The molecule has 1 amide bonds. The molecule has 0 aliphatic carbocycles. The minimum absolute atomic E-state index is 0.194. The highest BCUT2D eigenvalue weighted by Gasteiger charge is 2.22. The Morgan fingerprint density at radius 1 is 1.30 bits per heavy atom. The van der Waals surface area contributed by atoms with Crippen molar-refractivity contribution in [1.29, 1.82) is 0 Å². The van der Waals surface area contributed by atoms with Crippen LogP contribution in [0.25, 0.3) is 10.9 Å². The monoisotopic (exact) mass is 274 g/mol. The van der Waals surface area contributed by atoms with Crippen LogP contribution in [0, 0.1) is 5.92 Å². The van der Waals surface area contributed by atoms with Gasteiger partial charge in [-0.2, -0.15) is 0 Å². The fourth-order valence-corrected chi connectivity index (χ4v) is 2.21. The number of hydrogen-bond acceptors (Lipinski definition) is 2. The largest absolute Gasteiger partial charge is 0.480 e. The first-order chi connectivity index (χ1) is 9.49. The molecule has 5 nitrogen and oxygen atoms in total. The maximum absolute atomic E-state index is 12.3. The highest BCUT2D eigenvalue weighted by atomic mass is 16.4. The summed E-state index contributed by atoms with van der Waals surface area (Å²) in [6.45, 7) is 3.85. The van der Waals surface area contributed by atoms with E-state index in [2.05, 4.69) is 10.3 Å². The molecule has 0 unspecified atom stereocenters. The van der Waals surface area contributed by atoms with E-state index in [1.165, 1.54) is 0 Å². The summed E-state index contributed by atoms with van der Waals surface area (Å²) < 4.78 is 0. The van der Waals surface area contributed by atoms with Crippen LogP contribution in [0.2, 0.25) is 0 Å². The molecule has 0 radical (unpaired) electrons. The van der Waals surface area contributed by atoms with Crippen LogP contribution in [0.5, 0.6) is 0 Å². The smallest absolute Gasteiger partial charge is 0.326 e. The van der Waals surface area contributed by atoms with E-state index in [1.807, 2.05) is 26.0 Å². The average molecular weight is 274 g/mol. The molecule has 0 saturated heterocycles. The number of fused-ring (bicyclic) bond motifs is 1. The SMILES string of the molecule is CC(C)C[C@@H](NC(=O)c1cccc2[nH]ccc12)C(=O)O. The van der Waals surface area contributed by atoms with E-state index in [0.717, 1.165) is 10.9 Å². The van der Waals surface area contributed by atoms with Gasteiger partial charge in [0.25, 0.3) is 5.91 Å². The zero-order chi connectivity index (χ0) is 14.7. The first kappa shape index (κ1) is 14.1. The van der Waals surface area contributed by atoms with Crippen molar-refractivity contribution in [1.82, 2.24) is 10.3 Å². The van der Waals surface area contributed by atoms with E-state index in [-0.39, 0.29) is 11.8 Å². The third-order valence-electron chi connectivity index (χ3n) is 3.15. The Balaban J connectivity index is 2.22. The van der Waals surface area contributed by atoms with Crippen LogP contribution in [0.4, 0.5) is 0 Å². The predicted octanol–water partition coefficient (Wildman–Crippen LogP) is 2.40. The van der Waals surface area contributed by atoms with E-state index < -0.39 is 12.0 Å². The second-order valence-corrected chi connectivity index (χ2v) is 5.24. The Hall–Kier alpha value is -2.30. The maximum Gasteiger partial charge on any atom is 0.326 e. The number of nitrogens with one attached hydrogen (secondary N) is 2. The van der Waals surface area contributed by atoms with Crippen molar-refractivity contribution in [3.8, 4) is 0 Å². The number of H-pyrrole nitrogens is 1. The Kier molecular flexibility index (Phi) is 4.08. The molecule has 5 heteroatoms. The van der Waals surface area contributed by atoms with Crippen LogP contribution in [0.1, 0.15) is 30.6 Å². The second kappa shape index (κ2) is 5.77. The Labute approximate surface area is 117 Å². The van der Waals surface area contributed by atoms with E-state index in [4.69, 9.17) is 0 Å². The zero-order valence-electron chi connectivity index (χ0n) is 11.5. The number of hydrogen-bond donors (Lipinski definition) is 3. The minimum atomic E-state index is -1.01. The molecule has 0 saturated carbocycles. The normalized spacial score (nSPS) is 12.6. The molecule has 106 valence electrons. The fraction of sp³-hybridized carbons (Fsp3) is 0.333. The van der Waals surface area contributed by atoms with Gasteiger partial charge in [-0.05, 0) is 30.5 Å². The zero-order valence-corrected chi connectivity index (χ0v) is 11.5. The van der Waals surface area contributed by atoms with Crippen LogP contribution >= 0.6 is 0 Å². The van der Waals surface area contributed by atoms with Gasteiger partial charge in [-0.15, -0.1) is 0 Å². The molecule has 0 fully saturated rings. The number of aromatic nitrogens is 1. The number of carbonyl (C=O) groups is 2. The number of aromatic amines is 1. The second-order valence-electron chi connectivity index (χ2n) is 5.24.